The van der Waals surface area contributed by atoms with Crippen LogP contribution in [0.1, 0.15) is 19.4 Å². The number of carbonyl (C=O) groups excluding carboxylic acids is 2. The molecule has 1 spiro atoms. The van der Waals surface area contributed by atoms with E-state index < -0.39 is 5.54 Å². The summed E-state index contributed by atoms with van der Waals surface area (Å²) in [5.41, 5.74) is 1.23. The number of amides is 2. The Morgan fingerprint density at radius 3 is 2.25 bits per heavy atom. The van der Waals surface area contributed by atoms with Gasteiger partial charge < -0.3 is 14.7 Å². The maximum Gasteiger partial charge on any atom is 0.252 e. The van der Waals surface area contributed by atoms with Gasteiger partial charge in [-0.25, -0.2) is 0 Å². The van der Waals surface area contributed by atoms with Crippen LogP contribution in [0.25, 0.3) is 0 Å². The molecule has 2 aromatic rings. The lowest BCUT2D eigenvalue weighted by Gasteiger charge is -2.59. The molecule has 0 bridgehead atoms. The summed E-state index contributed by atoms with van der Waals surface area (Å²) in [4.78, 5) is 32.1. The first-order chi connectivity index (χ1) is 13.4. The van der Waals surface area contributed by atoms with E-state index in [4.69, 9.17) is 11.6 Å². The molecule has 6 heteroatoms. The lowest BCUT2D eigenvalue weighted by Crippen LogP contribution is -2.81. The van der Waals surface area contributed by atoms with Crippen LogP contribution < -0.4 is 4.90 Å². The third-order valence-electron chi connectivity index (χ3n) is 5.69. The summed E-state index contributed by atoms with van der Waals surface area (Å²) in [6.07, 6.45) is 0. The fraction of sp³-hybridized carbons (Fsp3) is 0.364. The average molecular weight is 398 g/mol. The summed E-state index contributed by atoms with van der Waals surface area (Å²) in [7, 11) is 0. The van der Waals surface area contributed by atoms with E-state index in [2.05, 4.69) is 4.90 Å². The molecule has 0 N–H and O–H groups in total. The zero-order valence-electron chi connectivity index (χ0n) is 16.1. The minimum absolute atomic E-state index is 0.00298. The van der Waals surface area contributed by atoms with E-state index in [1.807, 2.05) is 68.4 Å². The molecule has 2 amide bonds. The largest absolute Gasteiger partial charge is 0.366 e. The zero-order chi connectivity index (χ0) is 19.9. The van der Waals surface area contributed by atoms with Crippen molar-refractivity contribution in [3.05, 3.63) is 65.2 Å². The number of hydrogen-bond acceptors (Lipinski definition) is 3. The molecular weight excluding hydrogens is 374 g/mol. The van der Waals surface area contributed by atoms with Gasteiger partial charge in [-0.05, 0) is 43.7 Å². The van der Waals surface area contributed by atoms with Crippen molar-refractivity contribution in [1.82, 2.24) is 9.80 Å². The van der Waals surface area contributed by atoms with Gasteiger partial charge >= 0.3 is 0 Å². The molecule has 0 saturated carbocycles. The molecule has 2 aliphatic heterocycles. The maximum absolute atomic E-state index is 13.4. The van der Waals surface area contributed by atoms with Crippen molar-refractivity contribution in [2.75, 3.05) is 24.5 Å². The molecule has 0 unspecified atom stereocenters. The number of nitrogens with zero attached hydrogens (tertiary/aromatic N) is 3. The van der Waals surface area contributed by atoms with Crippen LogP contribution in [-0.4, -0.2) is 52.8 Å². The van der Waals surface area contributed by atoms with Crippen molar-refractivity contribution in [2.24, 2.45) is 0 Å². The number of anilines is 1. The highest BCUT2D eigenvalue weighted by Crippen LogP contribution is 2.38. The van der Waals surface area contributed by atoms with E-state index in [0.717, 1.165) is 11.3 Å². The highest BCUT2D eigenvalue weighted by molar-refractivity contribution is 6.30. The fourth-order valence-corrected chi connectivity index (χ4v) is 4.19. The Hall–Kier alpha value is -2.53. The normalized spacial score (nSPS) is 18.8. The molecule has 2 aromatic carbocycles. The fourth-order valence-electron chi connectivity index (χ4n) is 4.07. The molecular formula is C22H24ClN3O2. The highest BCUT2D eigenvalue weighted by Gasteiger charge is 2.59. The van der Waals surface area contributed by atoms with Crippen molar-refractivity contribution in [3.63, 3.8) is 0 Å². The molecule has 0 aliphatic carbocycles. The standard InChI is InChI=1S/C22H24ClN3O2/c1-16(2)25-13-20(27)26(12-17-8-10-18(23)11-9-17)22(21(25)28)14-24(15-22)19-6-4-3-5-7-19/h3-11,16H,12-15H2,1-2H3. The van der Waals surface area contributed by atoms with E-state index in [9.17, 15) is 9.59 Å². The van der Waals surface area contributed by atoms with E-state index in [0.29, 0.717) is 24.7 Å². The van der Waals surface area contributed by atoms with E-state index in [1.54, 1.807) is 9.80 Å². The first kappa shape index (κ1) is 18.8. The van der Waals surface area contributed by atoms with Gasteiger partial charge in [0.15, 0.2) is 5.54 Å². The second-order valence-corrected chi connectivity index (χ2v) is 8.29. The number of para-hydroxylation sites is 1. The molecule has 0 radical (unpaired) electrons. The first-order valence-electron chi connectivity index (χ1n) is 9.57. The third kappa shape index (κ3) is 3.14. The Morgan fingerprint density at radius 1 is 1.00 bits per heavy atom. The number of benzene rings is 2. The number of piperazine rings is 1. The third-order valence-corrected chi connectivity index (χ3v) is 5.94. The van der Waals surface area contributed by atoms with Crippen LogP contribution in [0.3, 0.4) is 0 Å². The second-order valence-electron chi connectivity index (χ2n) is 7.86. The predicted octanol–water partition coefficient (Wildman–Crippen LogP) is 3.18. The summed E-state index contributed by atoms with van der Waals surface area (Å²) >= 11 is 5.99. The van der Waals surface area contributed by atoms with Crippen LogP contribution in [0.15, 0.2) is 54.6 Å². The Labute approximate surface area is 170 Å². The van der Waals surface area contributed by atoms with E-state index in [1.165, 1.54) is 0 Å². The van der Waals surface area contributed by atoms with Crippen molar-refractivity contribution in [2.45, 2.75) is 32.0 Å². The molecule has 146 valence electrons. The van der Waals surface area contributed by atoms with Crippen LogP contribution in [0, 0.1) is 0 Å². The molecule has 28 heavy (non-hydrogen) atoms. The molecule has 2 saturated heterocycles. The predicted molar refractivity (Wildman–Crippen MR) is 110 cm³/mol. The molecule has 5 nitrogen and oxygen atoms in total. The van der Waals surface area contributed by atoms with Crippen molar-refractivity contribution in [1.29, 1.82) is 0 Å². The maximum atomic E-state index is 13.4. The summed E-state index contributed by atoms with van der Waals surface area (Å²) in [5, 5.41) is 0.657. The molecule has 2 aliphatic rings. The van der Waals surface area contributed by atoms with Gasteiger partial charge in [0.25, 0.3) is 5.91 Å². The topological polar surface area (TPSA) is 43.9 Å². The van der Waals surface area contributed by atoms with Crippen molar-refractivity contribution < 1.29 is 9.59 Å². The lowest BCUT2D eigenvalue weighted by molar-refractivity contribution is -0.170. The highest BCUT2D eigenvalue weighted by atomic mass is 35.5. The minimum Gasteiger partial charge on any atom is -0.366 e. The molecule has 0 atom stereocenters. The molecule has 2 fully saturated rings. The summed E-state index contributed by atoms with van der Waals surface area (Å²) in [5.74, 6) is 0.0409. The smallest absolute Gasteiger partial charge is 0.252 e. The summed E-state index contributed by atoms with van der Waals surface area (Å²) in [6, 6.07) is 17.5. The number of carbonyl (C=O) groups is 2. The Morgan fingerprint density at radius 2 is 1.64 bits per heavy atom. The Balaban J connectivity index is 1.64. The number of halogens is 1. The Kier molecular flexibility index (Phi) is 4.79. The van der Waals surface area contributed by atoms with Gasteiger partial charge in [-0.1, -0.05) is 41.9 Å². The number of hydrogen-bond donors (Lipinski definition) is 0. The van der Waals surface area contributed by atoms with Crippen molar-refractivity contribution in [3.8, 4) is 0 Å². The summed E-state index contributed by atoms with van der Waals surface area (Å²) in [6.45, 7) is 5.49. The molecule has 4 rings (SSSR count). The van der Waals surface area contributed by atoms with Gasteiger partial charge in [0, 0.05) is 23.3 Å². The first-order valence-corrected chi connectivity index (χ1v) is 9.94. The SMILES string of the molecule is CC(C)N1CC(=O)N(Cc2ccc(Cl)cc2)C2(CN(c3ccccc3)C2)C1=O. The quantitative estimate of drug-likeness (QED) is 0.795. The second kappa shape index (κ2) is 7.13. The van der Waals surface area contributed by atoms with Gasteiger partial charge in [0.1, 0.15) is 6.54 Å². The Bertz CT molecular complexity index is 876. The lowest BCUT2D eigenvalue weighted by atomic mass is 9.82. The van der Waals surface area contributed by atoms with Crippen LogP contribution in [-0.2, 0) is 16.1 Å². The van der Waals surface area contributed by atoms with Gasteiger partial charge in [0.2, 0.25) is 5.91 Å². The minimum atomic E-state index is -0.810. The van der Waals surface area contributed by atoms with E-state index in [-0.39, 0.29) is 24.4 Å². The zero-order valence-corrected chi connectivity index (χ0v) is 16.9. The van der Waals surface area contributed by atoms with Gasteiger partial charge in [-0.3, -0.25) is 9.59 Å². The average Bonchev–Trinajstić information content (AvgIpc) is 2.65. The van der Waals surface area contributed by atoms with Gasteiger partial charge in [-0.15, -0.1) is 0 Å². The van der Waals surface area contributed by atoms with Crippen LogP contribution in [0.2, 0.25) is 5.02 Å². The summed E-state index contributed by atoms with van der Waals surface area (Å²) < 4.78 is 0. The van der Waals surface area contributed by atoms with Crippen LogP contribution in [0.5, 0.6) is 0 Å². The monoisotopic (exact) mass is 397 g/mol. The van der Waals surface area contributed by atoms with E-state index >= 15 is 0 Å². The van der Waals surface area contributed by atoms with Gasteiger partial charge in [0.05, 0.1) is 13.1 Å². The van der Waals surface area contributed by atoms with Crippen LogP contribution >= 0.6 is 11.6 Å². The van der Waals surface area contributed by atoms with Crippen LogP contribution in [0.4, 0.5) is 5.69 Å². The molecule has 2 heterocycles. The van der Waals surface area contributed by atoms with Crippen molar-refractivity contribution >= 4 is 29.1 Å². The molecule has 0 aromatic heterocycles. The van der Waals surface area contributed by atoms with Gasteiger partial charge in [-0.2, -0.15) is 0 Å². The number of rotatable bonds is 4.